The molecule has 0 aliphatic heterocycles. The molecule has 29 heavy (non-hydrogen) atoms. The number of nitrogens with zero attached hydrogens (tertiary/aromatic N) is 5. The number of carboxylic acids is 1. The van der Waals surface area contributed by atoms with Gasteiger partial charge in [0, 0.05) is 25.2 Å². The number of hydrogen-bond acceptors (Lipinski definition) is 7. The van der Waals surface area contributed by atoms with Crippen LogP contribution in [0.25, 0.3) is 22.7 Å². The number of nitro benzene ring substituents is 1. The molecule has 0 bridgehead atoms. The highest BCUT2D eigenvalue weighted by atomic mass is 16.6. The molecule has 2 heterocycles. The third-order valence-electron chi connectivity index (χ3n) is 5.18. The van der Waals surface area contributed by atoms with Gasteiger partial charge in [0.25, 0.3) is 11.2 Å². The third-order valence-corrected chi connectivity index (χ3v) is 5.18. The molecule has 4 rings (SSSR count). The van der Waals surface area contributed by atoms with Crippen LogP contribution in [0.3, 0.4) is 0 Å². The zero-order valence-corrected chi connectivity index (χ0v) is 15.7. The van der Waals surface area contributed by atoms with Gasteiger partial charge in [0.15, 0.2) is 17.3 Å². The molecule has 3 aromatic rings. The molecule has 150 valence electrons. The molecule has 0 atom stereocenters. The van der Waals surface area contributed by atoms with Gasteiger partial charge in [-0.3, -0.25) is 19.5 Å². The fourth-order valence-corrected chi connectivity index (χ4v) is 3.48. The monoisotopic (exact) mass is 399 g/mol. The van der Waals surface area contributed by atoms with Crippen LogP contribution in [0.5, 0.6) is 5.75 Å². The summed E-state index contributed by atoms with van der Waals surface area (Å²) in [5.41, 5.74) is -0.234. The number of fused-ring (bicyclic) bond motifs is 1. The van der Waals surface area contributed by atoms with E-state index in [4.69, 9.17) is 4.74 Å². The lowest BCUT2D eigenvalue weighted by Crippen LogP contribution is -2.27. The largest absolute Gasteiger partial charge is 0.489 e. The van der Waals surface area contributed by atoms with Crippen LogP contribution in [0.1, 0.15) is 35.8 Å². The van der Waals surface area contributed by atoms with Crippen LogP contribution in [0, 0.1) is 10.1 Å². The number of imidazole rings is 1. The average Bonchev–Trinajstić information content (AvgIpc) is 3.00. The number of hydrogen-bond donors (Lipinski definition) is 1. The Bertz CT molecular complexity index is 1220. The number of methoxy groups -OCH3 is 1. The van der Waals surface area contributed by atoms with E-state index in [1.165, 1.54) is 30.9 Å². The predicted octanol–water partition coefficient (Wildman–Crippen LogP) is 2.14. The molecular formula is C18H17N5O6. The highest BCUT2D eigenvalue weighted by Crippen LogP contribution is 2.38. The van der Waals surface area contributed by atoms with Gasteiger partial charge in [0.2, 0.25) is 5.75 Å². The molecular weight excluding hydrogens is 382 g/mol. The number of aromatic nitrogens is 4. The Labute approximate surface area is 163 Å². The summed E-state index contributed by atoms with van der Waals surface area (Å²) in [6, 6.07) is 4.45. The summed E-state index contributed by atoms with van der Waals surface area (Å²) < 4.78 is 8.00. The van der Waals surface area contributed by atoms with Crippen LogP contribution in [0.4, 0.5) is 5.69 Å². The van der Waals surface area contributed by atoms with Gasteiger partial charge in [-0.1, -0.05) is 0 Å². The van der Waals surface area contributed by atoms with Crippen molar-refractivity contribution in [3.8, 4) is 17.4 Å². The third kappa shape index (κ3) is 2.82. The lowest BCUT2D eigenvalue weighted by atomic mass is 9.92. The molecule has 1 fully saturated rings. The van der Waals surface area contributed by atoms with Crippen molar-refractivity contribution in [2.45, 2.75) is 25.3 Å². The van der Waals surface area contributed by atoms with Crippen molar-refractivity contribution in [1.29, 1.82) is 0 Å². The van der Waals surface area contributed by atoms with Crippen molar-refractivity contribution >= 4 is 22.7 Å². The summed E-state index contributed by atoms with van der Waals surface area (Å²) in [6.45, 7) is 0. The fourth-order valence-electron chi connectivity index (χ4n) is 3.48. The molecule has 0 radical (unpaired) electrons. The van der Waals surface area contributed by atoms with Gasteiger partial charge in [0.1, 0.15) is 0 Å². The van der Waals surface area contributed by atoms with Crippen molar-refractivity contribution in [3.05, 3.63) is 44.4 Å². The Hall–Kier alpha value is -3.76. The van der Waals surface area contributed by atoms with Gasteiger partial charge in [-0.2, -0.15) is 0 Å². The second-order valence-electron chi connectivity index (χ2n) is 6.81. The van der Waals surface area contributed by atoms with E-state index < -0.39 is 22.1 Å². The number of aromatic carboxylic acids is 1. The molecule has 11 nitrogen and oxygen atoms in total. The number of ether oxygens (including phenoxy) is 1. The van der Waals surface area contributed by atoms with E-state index in [1.54, 1.807) is 6.07 Å². The Morgan fingerprint density at radius 1 is 1.31 bits per heavy atom. The van der Waals surface area contributed by atoms with Crippen molar-refractivity contribution in [3.63, 3.8) is 0 Å². The van der Waals surface area contributed by atoms with E-state index in [0.717, 1.165) is 19.3 Å². The van der Waals surface area contributed by atoms with Crippen LogP contribution in [-0.2, 0) is 7.05 Å². The van der Waals surface area contributed by atoms with Crippen LogP contribution >= 0.6 is 0 Å². The topological polar surface area (TPSA) is 142 Å². The fraction of sp³-hybridized carbons (Fsp3) is 0.333. The first-order valence-corrected chi connectivity index (χ1v) is 8.88. The minimum atomic E-state index is -1.40. The highest BCUT2D eigenvalue weighted by Gasteiger charge is 2.29. The summed E-state index contributed by atoms with van der Waals surface area (Å²) in [7, 11) is 2.65. The minimum absolute atomic E-state index is 0.0546. The highest BCUT2D eigenvalue weighted by molar-refractivity contribution is 5.89. The SMILES string of the molecule is COc1c(C(=O)O)nc(-c2nc3cc([N+](=O)[O-])ccc3n2C2CCC2)n(C)c1=O. The summed E-state index contributed by atoms with van der Waals surface area (Å²) >= 11 is 0. The number of carbonyl (C=O) groups is 1. The van der Waals surface area contributed by atoms with Gasteiger partial charge in [-0.25, -0.2) is 14.8 Å². The predicted molar refractivity (Wildman–Crippen MR) is 101 cm³/mol. The standard InChI is InChI=1S/C18H17N5O6/c1-21-15(20-13(18(25)26)14(29-2)17(21)24)16-19-11-8-10(23(27)28)6-7-12(11)22(16)9-4-3-5-9/h6-9H,3-5H2,1-2H3,(H,25,26). The first-order chi connectivity index (χ1) is 13.8. The summed E-state index contributed by atoms with van der Waals surface area (Å²) in [5.74, 6) is -1.43. The first-order valence-electron chi connectivity index (χ1n) is 8.88. The van der Waals surface area contributed by atoms with E-state index >= 15 is 0 Å². The molecule has 1 N–H and O–H groups in total. The van der Waals surface area contributed by atoms with E-state index in [-0.39, 0.29) is 29.1 Å². The molecule has 1 saturated carbocycles. The van der Waals surface area contributed by atoms with Gasteiger partial charge in [-0.05, 0) is 25.3 Å². The molecule has 1 aromatic carbocycles. The second-order valence-corrected chi connectivity index (χ2v) is 6.81. The average molecular weight is 399 g/mol. The molecule has 2 aromatic heterocycles. The molecule has 0 amide bonds. The maximum absolute atomic E-state index is 12.7. The zero-order valence-electron chi connectivity index (χ0n) is 15.7. The van der Waals surface area contributed by atoms with E-state index in [9.17, 15) is 24.8 Å². The second kappa shape index (κ2) is 6.69. The van der Waals surface area contributed by atoms with Gasteiger partial charge in [0.05, 0.1) is 23.1 Å². The van der Waals surface area contributed by atoms with Crippen molar-refractivity contribution < 1.29 is 19.6 Å². The van der Waals surface area contributed by atoms with Crippen LogP contribution in [0.15, 0.2) is 23.0 Å². The molecule has 1 aliphatic rings. The van der Waals surface area contributed by atoms with E-state index in [2.05, 4.69) is 9.97 Å². The molecule has 0 spiro atoms. The van der Waals surface area contributed by atoms with E-state index in [1.807, 2.05) is 4.57 Å². The zero-order chi connectivity index (χ0) is 20.9. The summed E-state index contributed by atoms with van der Waals surface area (Å²) in [5, 5.41) is 20.6. The van der Waals surface area contributed by atoms with Gasteiger partial charge in [-0.15, -0.1) is 0 Å². The number of benzene rings is 1. The number of non-ortho nitro benzene ring substituents is 1. The van der Waals surface area contributed by atoms with Gasteiger partial charge >= 0.3 is 5.97 Å². The van der Waals surface area contributed by atoms with Gasteiger partial charge < -0.3 is 14.4 Å². The molecule has 1 aliphatic carbocycles. The van der Waals surface area contributed by atoms with Crippen LogP contribution < -0.4 is 10.3 Å². The Morgan fingerprint density at radius 2 is 2.03 bits per heavy atom. The Balaban J connectivity index is 2.04. The maximum Gasteiger partial charge on any atom is 0.358 e. The Kier molecular flexibility index (Phi) is 4.29. The summed E-state index contributed by atoms with van der Waals surface area (Å²) in [4.78, 5) is 43.5. The van der Waals surface area contributed by atoms with Crippen molar-refractivity contribution in [2.75, 3.05) is 7.11 Å². The summed E-state index contributed by atoms with van der Waals surface area (Å²) in [6.07, 6.45) is 2.78. The Morgan fingerprint density at radius 3 is 2.59 bits per heavy atom. The van der Waals surface area contributed by atoms with Crippen LogP contribution in [0.2, 0.25) is 0 Å². The lowest BCUT2D eigenvalue weighted by Gasteiger charge is -2.29. The van der Waals surface area contributed by atoms with Crippen LogP contribution in [-0.4, -0.2) is 42.2 Å². The molecule has 0 unspecified atom stereocenters. The maximum atomic E-state index is 12.7. The normalized spacial score (nSPS) is 14.0. The number of carboxylic acid groups (broad SMARTS) is 1. The number of rotatable bonds is 5. The minimum Gasteiger partial charge on any atom is -0.489 e. The van der Waals surface area contributed by atoms with E-state index in [0.29, 0.717) is 11.0 Å². The molecule has 11 heteroatoms. The quantitative estimate of drug-likeness (QED) is 0.508. The van der Waals surface area contributed by atoms with Crippen molar-refractivity contribution in [2.24, 2.45) is 7.05 Å². The van der Waals surface area contributed by atoms with Crippen molar-refractivity contribution in [1.82, 2.24) is 19.1 Å². The lowest BCUT2D eigenvalue weighted by molar-refractivity contribution is -0.384. The molecule has 0 saturated heterocycles. The smallest absolute Gasteiger partial charge is 0.358 e. The first kappa shape index (κ1) is 18.6. The number of nitro groups is 1.